The van der Waals surface area contributed by atoms with Crippen molar-refractivity contribution in [3.63, 3.8) is 0 Å². The molecular formula is C20H22N6O4. The Labute approximate surface area is 173 Å². The molecule has 30 heavy (non-hydrogen) atoms. The minimum absolute atomic E-state index is 0.365. The summed E-state index contributed by atoms with van der Waals surface area (Å²) in [5, 5.41) is 5.48. The number of piperidine rings is 1. The Bertz CT molecular complexity index is 959. The zero-order valence-corrected chi connectivity index (χ0v) is 16.5. The third-order valence-electron chi connectivity index (χ3n) is 5.38. The molecule has 156 valence electrons. The van der Waals surface area contributed by atoms with Crippen LogP contribution >= 0.6 is 0 Å². The number of methoxy groups -OCH3 is 1. The summed E-state index contributed by atoms with van der Waals surface area (Å²) in [7, 11) is 1.50. The molecule has 0 atom stereocenters. The number of carbonyl (C=O) groups is 3. The largest absolute Gasteiger partial charge is 0.495 e. The molecule has 2 saturated heterocycles. The fraction of sp³-hybridized carbons (Fsp3) is 0.350. The van der Waals surface area contributed by atoms with E-state index in [-0.39, 0.29) is 12.5 Å². The number of para-hydroxylation sites is 2. The molecule has 1 aromatic heterocycles. The minimum atomic E-state index is -0.993. The highest BCUT2D eigenvalue weighted by Gasteiger charge is 2.52. The van der Waals surface area contributed by atoms with Crippen molar-refractivity contribution in [1.29, 1.82) is 0 Å². The number of nitrogens with zero attached hydrogens (tertiary/aromatic N) is 4. The van der Waals surface area contributed by atoms with Crippen molar-refractivity contribution < 1.29 is 19.1 Å². The molecule has 1 aromatic carbocycles. The topological polar surface area (TPSA) is 117 Å². The smallest absolute Gasteiger partial charge is 0.325 e. The van der Waals surface area contributed by atoms with Gasteiger partial charge in [0.1, 0.15) is 17.8 Å². The summed E-state index contributed by atoms with van der Waals surface area (Å²) < 4.78 is 5.21. The molecule has 0 unspecified atom stereocenters. The van der Waals surface area contributed by atoms with Gasteiger partial charge in [-0.15, -0.1) is 0 Å². The van der Waals surface area contributed by atoms with Crippen LogP contribution in [-0.2, 0) is 9.59 Å². The highest BCUT2D eigenvalue weighted by Crippen LogP contribution is 2.31. The average Bonchev–Trinajstić information content (AvgIpc) is 2.99. The fourth-order valence-electron chi connectivity index (χ4n) is 3.78. The lowest BCUT2D eigenvalue weighted by Crippen LogP contribution is -2.55. The third-order valence-corrected chi connectivity index (χ3v) is 5.38. The molecule has 0 saturated carbocycles. The summed E-state index contributed by atoms with van der Waals surface area (Å²) >= 11 is 0. The van der Waals surface area contributed by atoms with Crippen LogP contribution in [0.3, 0.4) is 0 Å². The minimum Gasteiger partial charge on any atom is -0.495 e. The number of carbonyl (C=O) groups excluding carboxylic acids is 3. The van der Waals surface area contributed by atoms with E-state index in [0.29, 0.717) is 43.3 Å². The van der Waals surface area contributed by atoms with Crippen LogP contribution in [0.2, 0.25) is 0 Å². The molecule has 2 aromatic rings. The van der Waals surface area contributed by atoms with Gasteiger partial charge in [-0.3, -0.25) is 14.5 Å². The van der Waals surface area contributed by atoms with E-state index >= 15 is 0 Å². The van der Waals surface area contributed by atoms with Crippen molar-refractivity contribution >= 4 is 29.5 Å². The van der Waals surface area contributed by atoms with E-state index in [0.717, 1.165) is 4.90 Å². The standard InChI is InChI=1S/C20H22N6O4/c1-30-15-6-3-2-5-14(15)23-16(27)13-26-17(28)20(24-19(26)29)7-11-25(12-8-20)18-21-9-4-10-22-18/h2-6,9-10H,7-8,11-13H2,1H3,(H,23,27)(H,24,29). The van der Waals surface area contributed by atoms with Gasteiger partial charge in [-0.05, 0) is 31.0 Å². The maximum atomic E-state index is 13.0. The highest BCUT2D eigenvalue weighted by atomic mass is 16.5. The summed E-state index contributed by atoms with van der Waals surface area (Å²) in [4.78, 5) is 49.4. The molecule has 2 N–H and O–H groups in total. The Morgan fingerprint density at radius 3 is 2.57 bits per heavy atom. The van der Waals surface area contributed by atoms with Gasteiger partial charge in [0.05, 0.1) is 12.8 Å². The number of ether oxygens (including phenoxy) is 1. The van der Waals surface area contributed by atoms with Crippen molar-refractivity contribution in [1.82, 2.24) is 20.2 Å². The Balaban J connectivity index is 1.40. The molecule has 10 heteroatoms. The highest BCUT2D eigenvalue weighted by molar-refractivity contribution is 6.10. The lowest BCUT2D eigenvalue weighted by Gasteiger charge is -2.37. The van der Waals surface area contributed by atoms with E-state index in [2.05, 4.69) is 20.6 Å². The SMILES string of the molecule is COc1ccccc1NC(=O)CN1C(=O)NC2(CCN(c3ncccn3)CC2)C1=O. The Hall–Kier alpha value is -3.69. The lowest BCUT2D eigenvalue weighted by atomic mass is 9.87. The van der Waals surface area contributed by atoms with Crippen molar-refractivity contribution in [2.24, 2.45) is 0 Å². The predicted octanol–water partition coefficient (Wildman–Crippen LogP) is 1.01. The van der Waals surface area contributed by atoms with Gasteiger partial charge in [-0.2, -0.15) is 0 Å². The first-order valence-electron chi connectivity index (χ1n) is 9.61. The first-order valence-corrected chi connectivity index (χ1v) is 9.61. The van der Waals surface area contributed by atoms with Crippen LogP contribution in [0.25, 0.3) is 0 Å². The van der Waals surface area contributed by atoms with Crippen LogP contribution in [0.1, 0.15) is 12.8 Å². The number of rotatable bonds is 5. The molecule has 10 nitrogen and oxygen atoms in total. The lowest BCUT2D eigenvalue weighted by molar-refractivity contribution is -0.134. The van der Waals surface area contributed by atoms with Gasteiger partial charge < -0.3 is 20.3 Å². The second-order valence-corrected chi connectivity index (χ2v) is 7.19. The molecule has 2 aliphatic rings. The van der Waals surface area contributed by atoms with Gasteiger partial charge in [0, 0.05) is 25.5 Å². The molecule has 4 rings (SSSR count). The third kappa shape index (κ3) is 3.63. The molecule has 2 aliphatic heterocycles. The van der Waals surface area contributed by atoms with Crippen LogP contribution in [0.15, 0.2) is 42.7 Å². The van der Waals surface area contributed by atoms with E-state index in [9.17, 15) is 14.4 Å². The first kappa shape index (κ1) is 19.6. The Morgan fingerprint density at radius 2 is 1.87 bits per heavy atom. The number of anilines is 2. The summed E-state index contributed by atoms with van der Waals surface area (Å²) in [5.74, 6) is 0.235. The number of nitrogens with one attached hydrogen (secondary N) is 2. The zero-order valence-electron chi connectivity index (χ0n) is 16.5. The number of hydrogen-bond acceptors (Lipinski definition) is 7. The molecular weight excluding hydrogens is 388 g/mol. The molecule has 0 bridgehead atoms. The van der Waals surface area contributed by atoms with Gasteiger partial charge in [0.25, 0.3) is 5.91 Å². The molecule has 3 heterocycles. The van der Waals surface area contributed by atoms with Gasteiger partial charge in [-0.25, -0.2) is 14.8 Å². The van der Waals surface area contributed by atoms with E-state index in [4.69, 9.17) is 4.74 Å². The fourth-order valence-corrected chi connectivity index (χ4v) is 3.78. The monoisotopic (exact) mass is 410 g/mol. The van der Waals surface area contributed by atoms with Crippen LogP contribution < -0.4 is 20.3 Å². The van der Waals surface area contributed by atoms with Gasteiger partial charge in [0.2, 0.25) is 11.9 Å². The molecule has 0 aliphatic carbocycles. The molecule has 4 amide bonds. The van der Waals surface area contributed by atoms with E-state index in [1.165, 1.54) is 7.11 Å². The number of imide groups is 1. The maximum absolute atomic E-state index is 13.0. The van der Waals surface area contributed by atoms with Crippen molar-refractivity contribution in [2.75, 3.05) is 37.0 Å². The second-order valence-electron chi connectivity index (χ2n) is 7.19. The first-order chi connectivity index (χ1) is 14.5. The molecule has 1 spiro atoms. The van der Waals surface area contributed by atoms with E-state index < -0.39 is 17.5 Å². The van der Waals surface area contributed by atoms with Gasteiger partial charge >= 0.3 is 6.03 Å². The number of aromatic nitrogens is 2. The summed E-state index contributed by atoms with van der Waals surface area (Å²) in [6.07, 6.45) is 4.16. The maximum Gasteiger partial charge on any atom is 0.325 e. The number of benzene rings is 1. The van der Waals surface area contributed by atoms with Crippen LogP contribution in [0, 0.1) is 0 Å². The predicted molar refractivity (Wildman–Crippen MR) is 108 cm³/mol. The summed E-state index contributed by atoms with van der Waals surface area (Å²) in [5.41, 5.74) is -0.518. The van der Waals surface area contributed by atoms with Crippen molar-refractivity contribution in [3.05, 3.63) is 42.7 Å². The average molecular weight is 410 g/mol. The second kappa shape index (κ2) is 7.97. The number of hydrogen-bond donors (Lipinski definition) is 2. The molecule has 2 fully saturated rings. The number of amides is 4. The van der Waals surface area contributed by atoms with Crippen molar-refractivity contribution in [2.45, 2.75) is 18.4 Å². The van der Waals surface area contributed by atoms with Gasteiger partial charge in [0.15, 0.2) is 0 Å². The van der Waals surface area contributed by atoms with Crippen molar-refractivity contribution in [3.8, 4) is 5.75 Å². The van der Waals surface area contributed by atoms with E-state index in [1.54, 1.807) is 42.7 Å². The van der Waals surface area contributed by atoms with E-state index in [1.807, 2.05) is 4.90 Å². The van der Waals surface area contributed by atoms with Crippen LogP contribution in [-0.4, -0.2) is 65.0 Å². The van der Waals surface area contributed by atoms with Crippen LogP contribution in [0.5, 0.6) is 5.75 Å². The van der Waals surface area contributed by atoms with Gasteiger partial charge in [-0.1, -0.05) is 12.1 Å². The molecule has 0 radical (unpaired) electrons. The number of urea groups is 1. The van der Waals surface area contributed by atoms with Crippen LogP contribution in [0.4, 0.5) is 16.4 Å². The quantitative estimate of drug-likeness (QED) is 0.707. The summed E-state index contributed by atoms with van der Waals surface area (Å²) in [6.45, 7) is 0.685. The normalized spacial score (nSPS) is 17.8. The summed E-state index contributed by atoms with van der Waals surface area (Å²) in [6, 6.07) is 8.12. The zero-order chi connectivity index (χ0) is 21.1. The Morgan fingerprint density at radius 1 is 1.17 bits per heavy atom. The Kier molecular flexibility index (Phi) is 5.21.